The van der Waals surface area contributed by atoms with Crippen molar-refractivity contribution >= 4 is 11.7 Å². The highest BCUT2D eigenvalue weighted by molar-refractivity contribution is 5.96. The van der Waals surface area contributed by atoms with Crippen LogP contribution in [0.1, 0.15) is 20.7 Å². The smallest absolute Gasteiger partial charge is 0.254 e. The molecule has 0 spiro atoms. The molecule has 2 rings (SSSR count). The average molecular weight is 301 g/mol. The number of carbonyl (C=O) groups is 2. The lowest BCUT2D eigenvalue weighted by atomic mass is 10.1. The molecule has 1 aromatic carbocycles. The van der Waals surface area contributed by atoms with Crippen molar-refractivity contribution in [1.82, 2.24) is 0 Å². The molecule has 114 valence electrons. The zero-order valence-corrected chi connectivity index (χ0v) is 12.4. The van der Waals surface area contributed by atoms with Crippen molar-refractivity contribution in [3.63, 3.8) is 0 Å². The van der Waals surface area contributed by atoms with Gasteiger partial charge in [-0.25, -0.2) is 0 Å². The highest BCUT2D eigenvalue weighted by atomic mass is 16.5. The Kier molecular flexibility index (Phi) is 4.73. The van der Waals surface area contributed by atoms with Crippen LogP contribution in [0.15, 0.2) is 42.7 Å². The number of nitrogens with two attached hydrogens (primary N) is 1. The molecule has 0 fully saturated rings. The van der Waals surface area contributed by atoms with Crippen LogP contribution in [0, 0.1) is 0 Å². The summed E-state index contributed by atoms with van der Waals surface area (Å²) in [6, 6.07) is 8.24. The number of hydrogen-bond donors (Lipinski definition) is 1. The van der Waals surface area contributed by atoms with E-state index in [9.17, 15) is 9.59 Å². The molecule has 0 atom stereocenters. The molecule has 0 unspecified atom stereocenters. The number of amides is 1. The average Bonchev–Trinajstić information content (AvgIpc) is 2.54. The number of Topliss-reactive ketones (excluding diaryl/α,β-unsaturated/α-hetero) is 1. The van der Waals surface area contributed by atoms with Crippen LogP contribution in [0.4, 0.5) is 0 Å². The van der Waals surface area contributed by atoms with Gasteiger partial charge in [-0.05, 0) is 24.3 Å². The molecule has 2 aromatic rings. The fourth-order valence-corrected chi connectivity index (χ4v) is 2.03. The first-order valence-corrected chi connectivity index (χ1v) is 6.59. The number of aromatic nitrogens is 1. The maximum Gasteiger partial charge on any atom is 0.254 e. The number of hydrogen-bond acceptors (Lipinski definition) is 4. The van der Waals surface area contributed by atoms with Gasteiger partial charge in [-0.3, -0.25) is 9.59 Å². The molecule has 0 bridgehead atoms. The summed E-state index contributed by atoms with van der Waals surface area (Å²) >= 11 is 0. The van der Waals surface area contributed by atoms with Gasteiger partial charge in [0.15, 0.2) is 23.9 Å². The van der Waals surface area contributed by atoms with E-state index in [0.717, 1.165) is 0 Å². The highest BCUT2D eigenvalue weighted by Crippen LogP contribution is 2.27. The van der Waals surface area contributed by atoms with Gasteiger partial charge >= 0.3 is 0 Å². The number of ether oxygens (including phenoxy) is 2. The number of primary amides is 1. The normalized spacial score (nSPS) is 10.1. The lowest BCUT2D eigenvalue weighted by Gasteiger charge is -2.08. The fourth-order valence-electron chi connectivity index (χ4n) is 2.03. The Bertz CT molecular complexity index is 713. The first kappa shape index (κ1) is 15.5. The van der Waals surface area contributed by atoms with Crippen molar-refractivity contribution in [2.24, 2.45) is 5.73 Å². The minimum absolute atomic E-state index is 0.0939. The Morgan fingerprint density at radius 1 is 1.09 bits per heavy atom. The van der Waals surface area contributed by atoms with Crippen LogP contribution in [-0.2, 0) is 6.54 Å². The van der Waals surface area contributed by atoms with Crippen molar-refractivity contribution in [2.45, 2.75) is 6.54 Å². The second-order valence-electron chi connectivity index (χ2n) is 4.62. The number of ketones is 1. The van der Waals surface area contributed by atoms with Crippen LogP contribution in [0.2, 0.25) is 0 Å². The van der Waals surface area contributed by atoms with Gasteiger partial charge in [0, 0.05) is 11.6 Å². The van der Waals surface area contributed by atoms with Gasteiger partial charge in [0.2, 0.25) is 12.3 Å². The maximum atomic E-state index is 12.3. The van der Waals surface area contributed by atoms with Gasteiger partial charge in [-0.1, -0.05) is 0 Å². The molecule has 22 heavy (non-hydrogen) atoms. The van der Waals surface area contributed by atoms with Gasteiger partial charge in [-0.2, -0.15) is 4.57 Å². The number of methoxy groups -OCH3 is 2. The van der Waals surface area contributed by atoms with E-state index in [4.69, 9.17) is 15.2 Å². The van der Waals surface area contributed by atoms with Gasteiger partial charge in [0.25, 0.3) is 5.91 Å². The maximum absolute atomic E-state index is 12.3. The van der Waals surface area contributed by atoms with Crippen molar-refractivity contribution in [3.05, 3.63) is 53.9 Å². The third-order valence-corrected chi connectivity index (χ3v) is 3.17. The summed E-state index contributed by atoms with van der Waals surface area (Å²) < 4.78 is 11.9. The van der Waals surface area contributed by atoms with E-state index in [1.807, 2.05) is 0 Å². The summed E-state index contributed by atoms with van der Waals surface area (Å²) in [7, 11) is 3.04. The van der Waals surface area contributed by atoms with Gasteiger partial charge in [-0.15, -0.1) is 0 Å². The Labute approximate surface area is 128 Å². The Hall–Kier alpha value is -2.89. The topological polar surface area (TPSA) is 82.5 Å². The molecule has 6 heteroatoms. The first-order chi connectivity index (χ1) is 10.5. The van der Waals surface area contributed by atoms with E-state index in [1.54, 1.807) is 47.3 Å². The summed E-state index contributed by atoms with van der Waals surface area (Å²) in [5.74, 6) is 0.396. The summed E-state index contributed by atoms with van der Waals surface area (Å²) in [6.45, 7) is 0.0939. The number of carbonyl (C=O) groups excluding carboxylic acids is 2. The molecule has 0 saturated carbocycles. The summed E-state index contributed by atoms with van der Waals surface area (Å²) in [5, 5.41) is 0. The molecule has 0 aliphatic heterocycles. The summed E-state index contributed by atoms with van der Waals surface area (Å²) in [4.78, 5) is 23.5. The second kappa shape index (κ2) is 6.71. The molecule has 2 N–H and O–H groups in total. The van der Waals surface area contributed by atoms with E-state index in [2.05, 4.69) is 0 Å². The molecule has 0 aliphatic carbocycles. The van der Waals surface area contributed by atoms with E-state index >= 15 is 0 Å². The predicted molar refractivity (Wildman–Crippen MR) is 79.0 cm³/mol. The number of benzene rings is 1. The fraction of sp³-hybridized carbons (Fsp3) is 0.188. The molecule has 1 aromatic heterocycles. The highest BCUT2D eigenvalue weighted by Gasteiger charge is 2.16. The van der Waals surface area contributed by atoms with E-state index < -0.39 is 5.91 Å². The predicted octanol–water partition coefficient (Wildman–Crippen LogP) is 0.973. The zero-order chi connectivity index (χ0) is 16.1. The molecule has 0 saturated heterocycles. The quantitative estimate of drug-likeness (QED) is 0.637. The van der Waals surface area contributed by atoms with Crippen LogP contribution < -0.4 is 19.8 Å². The van der Waals surface area contributed by atoms with Crippen molar-refractivity contribution in [1.29, 1.82) is 0 Å². The lowest BCUT2D eigenvalue weighted by Crippen LogP contribution is -2.38. The molecule has 0 radical (unpaired) electrons. The molecule has 1 amide bonds. The Morgan fingerprint density at radius 2 is 1.82 bits per heavy atom. The summed E-state index contributed by atoms with van der Waals surface area (Å²) in [6.07, 6.45) is 3.24. The molecular formula is C16H17N2O4+. The SMILES string of the molecule is COc1ccc(C(=O)C[n+]2cccc(C(N)=O)c2)cc1OC. The van der Waals surface area contributed by atoms with Gasteiger partial charge in [0.05, 0.1) is 14.2 Å². The van der Waals surface area contributed by atoms with Crippen LogP contribution in [-0.4, -0.2) is 25.9 Å². The van der Waals surface area contributed by atoms with E-state index in [0.29, 0.717) is 22.6 Å². The molecular weight excluding hydrogens is 284 g/mol. The Morgan fingerprint density at radius 3 is 2.45 bits per heavy atom. The monoisotopic (exact) mass is 301 g/mol. The largest absolute Gasteiger partial charge is 0.493 e. The van der Waals surface area contributed by atoms with Crippen LogP contribution in [0.5, 0.6) is 11.5 Å². The number of rotatable bonds is 6. The van der Waals surface area contributed by atoms with Gasteiger partial charge in [0.1, 0.15) is 5.56 Å². The first-order valence-electron chi connectivity index (χ1n) is 6.59. The standard InChI is InChI=1S/C16H16N2O4/c1-21-14-6-5-11(8-15(14)22-2)13(19)10-18-7-3-4-12(9-18)16(17)20/h3-9H,10H2,1-2H3,(H-,17,20)/p+1. The van der Waals surface area contributed by atoms with Crippen LogP contribution >= 0.6 is 0 Å². The van der Waals surface area contributed by atoms with Crippen molar-refractivity contribution in [2.75, 3.05) is 14.2 Å². The van der Waals surface area contributed by atoms with Crippen molar-refractivity contribution in [3.8, 4) is 11.5 Å². The third kappa shape index (κ3) is 3.41. The minimum Gasteiger partial charge on any atom is -0.493 e. The lowest BCUT2D eigenvalue weighted by molar-refractivity contribution is -0.683. The van der Waals surface area contributed by atoms with Gasteiger partial charge < -0.3 is 15.2 Å². The third-order valence-electron chi connectivity index (χ3n) is 3.17. The zero-order valence-electron chi connectivity index (χ0n) is 12.4. The van der Waals surface area contributed by atoms with E-state index in [-0.39, 0.29) is 12.3 Å². The molecule has 0 aliphatic rings. The van der Waals surface area contributed by atoms with E-state index in [1.165, 1.54) is 14.2 Å². The molecule has 1 heterocycles. The summed E-state index contributed by atoms with van der Waals surface area (Å²) in [5.41, 5.74) is 6.07. The number of pyridine rings is 1. The minimum atomic E-state index is -0.534. The second-order valence-corrected chi connectivity index (χ2v) is 4.62. The molecule has 6 nitrogen and oxygen atoms in total. The Balaban J connectivity index is 2.22. The number of nitrogens with zero attached hydrogens (tertiary/aromatic N) is 1. The van der Waals surface area contributed by atoms with Crippen LogP contribution in [0.25, 0.3) is 0 Å². The van der Waals surface area contributed by atoms with Crippen LogP contribution in [0.3, 0.4) is 0 Å². The van der Waals surface area contributed by atoms with Crippen molar-refractivity contribution < 1.29 is 23.6 Å².